The minimum Gasteiger partial charge on any atom is -0.493 e. The fourth-order valence-electron chi connectivity index (χ4n) is 2.37. The molecular formula is C18H23N3O3S. The SMILES string of the molecule is CC(C)COc1cccc(-c2nc(C(=O)NN3CCOCC3)cs2)c1. The highest BCUT2D eigenvalue weighted by atomic mass is 32.1. The smallest absolute Gasteiger partial charge is 0.285 e. The molecular weight excluding hydrogens is 338 g/mol. The monoisotopic (exact) mass is 361 g/mol. The Hall–Kier alpha value is -1.96. The van der Waals surface area contributed by atoms with E-state index in [4.69, 9.17) is 9.47 Å². The van der Waals surface area contributed by atoms with Crippen LogP contribution in [-0.4, -0.2) is 48.8 Å². The zero-order valence-electron chi connectivity index (χ0n) is 14.5. The molecule has 1 fully saturated rings. The van der Waals surface area contributed by atoms with Crippen molar-refractivity contribution in [2.75, 3.05) is 32.9 Å². The molecule has 1 N–H and O–H groups in total. The van der Waals surface area contributed by atoms with E-state index in [1.165, 1.54) is 11.3 Å². The summed E-state index contributed by atoms with van der Waals surface area (Å²) >= 11 is 1.46. The predicted octanol–water partition coefficient (Wildman–Crippen LogP) is 2.82. The highest BCUT2D eigenvalue weighted by molar-refractivity contribution is 7.13. The first-order valence-corrected chi connectivity index (χ1v) is 9.32. The topological polar surface area (TPSA) is 63.7 Å². The third-order valence-electron chi connectivity index (χ3n) is 3.67. The lowest BCUT2D eigenvalue weighted by molar-refractivity contribution is 0.0125. The zero-order chi connectivity index (χ0) is 17.6. The summed E-state index contributed by atoms with van der Waals surface area (Å²) in [5, 5.41) is 4.46. The Bertz CT molecular complexity index is 711. The van der Waals surface area contributed by atoms with Crippen molar-refractivity contribution in [3.05, 3.63) is 35.3 Å². The van der Waals surface area contributed by atoms with Crippen LogP contribution in [0.15, 0.2) is 29.6 Å². The van der Waals surface area contributed by atoms with Gasteiger partial charge in [0, 0.05) is 24.0 Å². The normalized spacial score (nSPS) is 15.3. The maximum atomic E-state index is 12.3. The number of ether oxygens (including phenoxy) is 2. The second kappa shape index (κ2) is 8.42. The van der Waals surface area contributed by atoms with Crippen LogP contribution in [-0.2, 0) is 4.74 Å². The van der Waals surface area contributed by atoms with Crippen LogP contribution in [0.3, 0.4) is 0 Å². The Morgan fingerprint density at radius 2 is 2.20 bits per heavy atom. The van der Waals surface area contributed by atoms with E-state index in [0.717, 1.165) is 16.3 Å². The van der Waals surface area contributed by atoms with E-state index >= 15 is 0 Å². The van der Waals surface area contributed by atoms with Crippen LogP contribution in [0.2, 0.25) is 0 Å². The Labute approximate surface area is 151 Å². The second-order valence-electron chi connectivity index (χ2n) is 6.31. The van der Waals surface area contributed by atoms with Gasteiger partial charge in [0.05, 0.1) is 19.8 Å². The molecule has 2 heterocycles. The van der Waals surface area contributed by atoms with E-state index in [-0.39, 0.29) is 5.91 Å². The number of hydrogen-bond donors (Lipinski definition) is 1. The minimum atomic E-state index is -0.184. The highest BCUT2D eigenvalue weighted by Gasteiger charge is 2.17. The summed E-state index contributed by atoms with van der Waals surface area (Å²) in [7, 11) is 0. The highest BCUT2D eigenvalue weighted by Crippen LogP contribution is 2.27. The van der Waals surface area contributed by atoms with Gasteiger partial charge in [0.2, 0.25) is 0 Å². The van der Waals surface area contributed by atoms with Gasteiger partial charge < -0.3 is 9.47 Å². The number of amides is 1. The van der Waals surface area contributed by atoms with Gasteiger partial charge in [-0.3, -0.25) is 10.2 Å². The van der Waals surface area contributed by atoms with Gasteiger partial charge in [-0.25, -0.2) is 9.99 Å². The molecule has 1 saturated heterocycles. The first-order chi connectivity index (χ1) is 12.1. The maximum Gasteiger partial charge on any atom is 0.285 e. The summed E-state index contributed by atoms with van der Waals surface area (Å²) in [6.45, 7) is 7.55. The quantitative estimate of drug-likeness (QED) is 0.857. The van der Waals surface area contributed by atoms with Crippen LogP contribution >= 0.6 is 11.3 Å². The van der Waals surface area contributed by atoms with Crippen molar-refractivity contribution in [2.24, 2.45) is 5.92 Å². The van der Waals surface area contributed by atoms with E-state index in [1.807, 2.05) is 29.3 Å². The zero-order valence-corrected chi connectivity index (χ0v) is 15.3. The molecule has 0 bridgehead atoms. The van der Waals surface area contributed by atoms with Gasteiger partial charge in [-0.2, -0.15) is 0 Å². The maximum absolute atomic E-state index is 12.3. The van der Waals surface area contributed by atoms with E-state index < -0.39 is 0 Å². The van der Waals surface area contributed by atoms with Crippen LogP contribution < -0.4 is 10.2 Å². The van der Waals surface area contributed by atoms with Gasteiger partial charge in [0.1, 0.15) is 16.5 Å². The van der Waals surface area contributed by atoms with Gasteiger partial charge in [0.15, 0.2) is 0 Å². The average Bonchev–Trinajstić information content (AvgIpc) is 3.11. The molecule has 0 unspecified atom stereocenters. The summed E-state index contributed by atoms with van der Waals surface area (Å²) in [6, 6.07) is 7.82. The molecule has 25 heavy (non-hydrogen) atoms. The Balaban J connectivity index is 1.66. The first kappa shape index (κ1) is 17.8. The average molecular weight is 361 g/mol. The molecule has 3 rings (SSSR count). The number of carbonyl (C=O) groups is 1. The molecule has 0 aliphatic carbocycles. The largest absolute Gasteiger partial charge is 0.493 e. The molecule has 1 aliphatic rings. The third-order valence-corrected chi connectivity index (χ3v) is 4.56. The summed E-state index contributed by atoms with van der Waals surface area (Å²) < 4.78 is 11.0. The predicted molar refractivity (Wildman–Crippen MR) is 97.7 cm³/mol. The van der Waals surface area contributed by atoms with E-state index in [0.29, 0.717) is 44.5 Å². The molecule has 7 heteroatoms. The van der Waals surface area contributed by atoms with Gasteiger partial charge in [-0.05, 0) is 18.1 Å². The Morgan fingerprint density at radius 1 is 1.40 bits per heavy atom. The number of rotatable bonds is 6. The summed E-state index contributed by atoms with van der Waals surface area (Å²) in [5.41, 5.74) is 4.26. The van der Waals surface area contributed by atoms with E-state index in [1.54, 1.807) is 5.38 Å². The number of benzene rings is 1. The molecule has 0 atom stereocenters. The van der Waals surface area contributed by atoms with Crippen molar-refractivity contribution in [1.82, 2.24) is 15.4 Å². The second-order valence-corrected chi connectivity index (χ2v) is 7.17. The van der Waals surface area contributed by atoms with E-state index in [2.05, 4.69) is 24.3 Å². The molecule has 0 spiro atoms. The standard InChI is InChI=1S/C18H23N3O3S/c1-13(2)11-24-15-5-3-4-14(10-15)18-19-16(12-25-18)17(22)20-21-6-8-23-9-7-21/h3-5,10,12-13H,6-9,11H2,1-2H3,(H,20,22). The van der Waals surface area contributed by atoms with Gasteiger partial charge in [0.25, 0.3) is 5.91 Å². The third kappa shape index (κ3) is 5.01. The molecule has 1 amide bonds. The summed E-state index contributed by atoms with van der Waals surface area (Å²) in [5.74, 6) is 1.11. The van der Waals surface area contributed by atoms with Crippen molar-refractivity contribution in [3.8, 4) is 16.3 Å². The number of aromatic nitrogens is 1. The lowest BCUT2D eigenvalue weighted by Crippen LogP contribution is -2.48. The van der Waals surface area contributed by atoms with Crippen LogP contribution in [0.4, 0.5) is 0 Å². The fraction of sp³-hybridized carbons (Fsp3) is 0.444. The first-order valence-electron chi connectivity index (χ1n) is 8.44. The molecule has 6 nitrogen and oxygen atoms in total. The van der Waals surface area contributed by atoms with Crippen molar-refractivity contribution in [2.45, 2.75) is 13.8 Å². The number of thiazole rings is 1. The van der Waals surface area contributed by atoms with Crippen molar-refractivity contribution >= 4 is 17.2 Å². The molecule has 0 saturated carbocycles. The molecule has 1 aromatic carbocycles. The van der Waals surface area contributed by atoms with Gasteiger partial charge in [-0.1, -0.05) is 26.0 Å². The van der Waals surface area contributed by atoms with Crippen LogP contribution in [0.1, 0.15) is 24.3 Å². The van der Waals surface area contributed by atoms with Gasteiger partial charge in [-0.15, -0.1) is 11.3 Å². The molecule has 0 radical (unpaired) electrons. The molecule has 134 valence electrons. The molecule has 2 aromatic rings. The lowest BCUT2D eigenvalue weighted by Gasteiger charge is -2.26. The van der Waals surface area contributed by atoms with E-state index in [9.17, 15) is 4.79 Å². The van der Waals surface area contributed by atoms with Gasteiger partial charge >= 0.3 is 0 Å². The Kier molecular flexibility index (Phi) is 6.01. The van der Waals surface area contributed by atoms with Crippen LogP contribution in [0, 0.1) is 5.92 Å². The summed E-state index contributed by atoms with van der Waals surface area (Å²) in [4.78, 5) is 16.8. The number of morpholine rings is 1. The van der Waals surface area contributed by atoms with Crippen molar-refractivity contribution in [3.63, 3.8) is 0 Å². The van der Waals surface area contributed by atoms with Crippen molar-refractivity contribution < 1.29 is 14.3 Å². The number of carbonyl (C=O) groups excluding carboxylic acids is 1. The molecule has 1 aliphatic heterocycles. The van der Waals surface area contributed by atoms with Crippen molar-refractivity contribution in [1.29, 1.82) is 0 Å². The minimum absolute atomic E-state index is 0.184. The number of hydrazine groups is 1. The Morgan fingerprint density at radius 3 is 2.96 bits per heavy atom. The number of nitrogens with zero attached hydrogens (tertiary/aromatic N) is 2. The molecule has 1 aromatic heterocycles. The number of nitrogens with one attached hydrogen (secondary N) is 1. The van der Waals surface area contributed by atoms with Crippen LogP contribution in [0.5, 0.6) is 5.75 Å². The fourth-order valence-corrected chi connectivity index (χ4v) is 3.17. The number of hydrogen-bond acceptors (Lipinski definition) is 6. The van der Waals surface area contributed by atoms with Crippen LogP contribution in [0.25, 0.3) is 10.6 Å². The lowest BCUT2D eigenvalue weighted by atomic mass is 10.2. The summed E-state index contributed by atoms with van der Waals surface area (Å²) in [6.07, 6.45) is 0.